The molecule has 1 aliphatic heterocycles. The summed E-state index contributed by atoms with van der Waals surface area (Å²) in [6.45, 7) is 3.19. The number of hydrogen-bond donors (Lipinski definition) is 2. The summed E-state index contributed by atoms with van der Waals surface area (Å²) in [6.07, 6.45) is 2.03. The standard InChI is InChI=1S/C21H26F2N4/c1-24-21(25-14-17-13-18(22)7-8-20(17)23)26-19-9-11-27(12-10-19)15-16-5-3-2-4-6-16/h2-8,13,19H,9-12,14-15H2,1H3,(H2,24,25,26). The Balaban J connectivity index is 1.45. The Kier molecular flexibility index (Phi) is 6.76. The molecule has 27 heavy (non-hydrogen) atoms. The van der Waals surface area contributed by atoms with Crippen LogP contribution in [0.25, 0.3) is 0 Å². The van der Waals surface area contributed by atoms with Gasteiger partial charge < -0.3 is 10.6 Å². The number of rotatable bonds is 5. The lowest BCUT2D eigenvalue weighted by molar-refractivity contribution is 0.198. The average Bonchev–Trinajstić information content (AvgIpc) is 2.69. The molecule has 4 nitrogen and oxygen atoms in total. The second-order valence-corrected chi connectivity index (χ2v) is 6.84. The molecule has 0 aromatic heterocycles. The van der Waals surface area contributed by atoms with Gasteiger partial charge >= 0.3 is 0 Å². The van der Waals surface area contributed by atoms with Gasteiger partial charge in [0.1, 0.15) is 11.6 Å². The van der Waals surface area contributed by atoms with Gasteiger partial charge in [0.15, 0.2) is 5.96 Å². The minimum atomic E-state index is -0.443. The predicted molar refractivity (Wildman–Crippen MR) is 104 cm³/mol. The fourth-order valence-electron chi connectivity index (χ4n) is 3.32. The van der Waals surface area contributed by atoms with Gasteiger partial charge in [-0.1, -0.05) is 30.3 Å². The Hall–Kier alpha value is -2.47. The lowest BCUT2D eigenvalue weighted by Crippen LogP contribution is -2.48. The predicted octanol–water partition coefficient (Wildman–Crippen LogP) is 3.29. The van der Waals surface area contributed by atoms with E-state index in [0.29, 0.717) is 12.0 Å². The van der Waals surface area contributed by atoms with E-state index >= 15 is 0 Å². The van der Waals surface area contributed by atoms with Crippen molar-refractivity contribution in [1.82, 2.24) is 15.5 Å². The Morgan fingerprint density at radius 2 is 1.85 bits per heavy atom. The van der Waals surface area contributed by atoms with Crippen LogP contribution in [0.3, 0.4) is 0 Å². The topological polar surface area (TPSA) is 39.7 Å². The first-order chi connectivity index (χ1) is 13.1. The first kappa shape index (κ1) is 19.3. The second kappa shape index (κ2) is 9.46. The smallest absolute Gasteiger partial charge is 0.191 e. The lowest BCUT2D eigenvalue weighted by Gasteiger charge is -2.33. The summed E-state index contributed by atoms with van der Waals surface area (Å²) >= 11 is 0. The zero-order valence-electron chi connectivity index (χ0n) is 15.6. The number of halogens is 2. The Morgan fingerprint density at radius 1 is 1.11 bits per heavy atom. The van der Waals surface area contributed by atoms with E-state index in [-0.39, 0.29) is 12.1 Å². The summed E-state index contributed by atoms with van der Waals surface area (Å²) < 4.78 is 27.0. The van der Waals surface area contributed by atoms with E-state index in [1.54, 1.807) is 7.05 Å². The first-order valence-corrected chi connectivity index (χ1v) is 9.31. The maximum atomic E-state index is 13.7. The van der Waals surface area contributed by atoms with Crippen molar-refractivity contribution >= 4 is 5.96 Å². The first-order valence-electron chi connectivity index (χ1n) is 9.31. The van der Waals surface area contributed by atoms with Gasteiger partial charge in [-0.2, -0.15) is 0 Å². The largest absolute Gasteiger partial charge is 0.354 e. The molecule has 0 unspecified atom stereocenters. The van der Waals surface area contributed by atoms with Crippen molar-refractivity contribution in [2.75, 3.05) is 20.1 Å². The van der Waals surface area contributed by atoms with Gasteiger partial charge in [-0.25, -0.2) is 8.78 Å². The van der Waals surface area contributed by atoms with Crippen molar-refractivity contribution < 1.29 is 8.78 Å². The molecule has 1 aliphatic rings. The van der Waals surface area contributed by atoms with Crippen LogP contribution in [0.5, 0.6) is 0 Å². The van der Waals surface area contributed by atoms with Crippen molar-refractivity contribution in [1.29, 1.82) is 0 Å². The fraction of sp³-hybridized carbons (Fsp3) is 0.381. The SMILES string of the molecule is CN=C(NCc1cc(F)ccc1F)NC1CCN(Cc2ccccc2)CC1. The molecule has 1 saturated heterocycles. The van der Waals surface area contributed by atoms with Gasteiger partial charge in [0.2, 0.25) is 0 Å². The quantitative estimate of drug-likeness (QED) is 0.625. The van der Waals surface area contributed by atoms with E-state index in [2.05, 4.69) is 44.8 Å². The lowest BCUT2D eigenvalue weighted by atomic mass is 10.0. The van der Waals surface area contributed by atoms with Crippen molar-refractivity contribution in [2.45, 2.75) is 32.0 Å². The summed E-state index contributed by atoms with van der Waals surface area (Å²) in [6, 6.07) is 14.3. The van der Waals surface area contributed by atoms with Gasteiger partial charge in [-0.05, 0) is 36.6 Å². The maximum absolute atomic E-state index is 13.7. The van der Waals surface area contributed by atoms with Crippen LogP contribution in [0, 0.1) is 11.6 Å². The van der Waals surface area contributed by atoms with Crippen molar-refractivity contribution in [2.24, 2.45) is 4.99 Å². The number of nitrogens with zero attached hydrogens (tertiary/aromatic N) is 2. The molecule has 6 heteroatoms. The van der Waals surface area contributed by atoms with E-state index in [0.717, 1.165) is 44.6 Å². The highest BCUT2D eigenvalue weighted by molar-refractivity contribution is 5.79. The Labute approximate surface area is 159 Å². The third-order valence-electron chi connectivity index (χ3n) is 4.86. The molecule has 0 amide bonds. The summed E-state index contributed by atoms with van der Waals surface area (Å²) in [4.78, 5) is 6.65. The fourth-order valence-corrected chi connectivity index (χ4v) is 3.32. The van der Waals surface area contributed by atoms with E-state index in [4.69, 9.17) is 0 Å². The molecule has 3 rings (SSSR count). The molecule has 144 valence electrons. The van der Waals surface area contributed by atoms with Crippen molar-refractivity contribution in [3.8, 4) is 0 Å². The van der Waals surface area contributed by atoms with Gasteiger partial charge in [-0.3, -0.25) is 9.89 Å². The zero-order valence-corrected chi connectivity index (χ0v) is 15.6. The highest BCUT2D eigenvalue weighted by Crippen LogP contribution is 2.14. The van der Waals surface area contributed by atoms with E-state index in [9.17, 15) is 8.78 Å². The molecule has 2 aromatic carbocycles. The van der Waals surface area contributed by atoms with Crippen LogP contribution in [-0.4, -0.2) is 37.0 Å². The van der Waals surface area contributed by atoms with Crippen LogP contribution in [0.1, 0.15) is 24.0 Å². The van der Waals surface area contributed by atoms with Crippen LogP contribution < -0.4 is 10.6 Å². The average molecular weight is 372 g/mol. The van der Waals surface area contributed by atoms with Crippen LogP contribution in [0.4, 0.5) is 8.78 Å². The Bertz CT molecular complexity index is 756. The molecular formula is C21H26F2N4. The summed E-state index contributed by atoms with van der Waals surface area (Å²) in [5, 5.41) is 6.46. The van der Waals surface area contributed by atoms with E-state index in [1.165, 1.54) is 11.6 Å². The molecule has 2 aromatic rings. The number of likely N-dealkylation sites (tertiary alicyclic amines) is 1. The van der Waals surface area contributed by atoms with Crippen molar-refractivity contribution in [3.63, 3.8) is 0 Å². The molecule has 0 saturated carbocycles. The second-order valence-electron chi connectivity index (χ2n) is 6.84. The summed E-state index contributed by atoms with van der Waals surface area (Å²) in [5.74, 6) is -0.254. The third-order valence-corrected chi connectivity index (χ3v) is 4.86. The summed E-state index contributed by atoms with van der Waals surface area (Å²) in [7, 11) is 1.68. The number of nitrogens with one attached hydrogen (secondary N) is 2. The van der Waals surface area contributed by atoms with Gasteiger partial charge in [0.05, 0.1) is 0 Å². The zero-order chi connectivity index (χ0) is 19.1. The molecule has 0 atom stereocenters. The minimum absolute atomic E-state index is 0.191. The number of piperidine rings is 1. The van der Waals surface area contributed by atoms with Gasteiger partial charge in [0.25, 0.3) is 0 Å². The highest BCUT2D eigenvalue weighted by atomic mass is 19.1. The van der Waals surface area contributed by atoms with Crippen molar-refractivity contribution in [3.05, 3.63) is 71.3 Å². The molecule has 2 N–H and O–H groups in total. The molecule has 0 bridgehead atoms. The highest BCUT2D eigenvalue weighted by Gasteiger charge is 2.20. The molecule has 1 heterocycles. The molecule has 0 aliphatic carbocycles. The monoisotopic (exact) mass is 372 g/mol. The molecule has 0 spiro atoms. The number of benzene rings is 2. The molecule has 0 radical (unpaired) electrons. The third kappa shape index (κ3) is 5.76. The van der Waals surface area contributed by atoms with Crippen LogP contribution >= 0.6 is 0 Å². The van der Waals surface area contributed by atoms with Crippen LogP contribution in [0.15, 0.2) is 53.5 Å². The van der Waals surface area contributed by atoms with Crippen LogP contribution in [0.2, 0.25) is 0 Å². The van der Waals surface area contributed by atoms with Crippen LogP contribution in [-0.2, 0) is 13.1 Å². The number of hydrogen-bond acceptors (Lipinski definition) is 2. The minimum Gasteiger partial charge on any atom is -0.354 e. The molecular weight excluding hydrogens is 346 g/mol. The summed E-state index contributed by atoms with van der Waals surface area (Å²) in [5.41, 5.74) is 1.62. The van der Waals surface area contributed by atoms with E-state index < -0.39 is 11.6 Å². The van der Waals surface area contributed by atoms with Gasteiger partial charge in [-0.15, -0.1) is 0 Å². The maximum Gasteiger partial charge on any atom is 0.191 e. The molecule has 1 fully saturated rings. The van der Waals surface area contributed by atoms with Gasteiger partial charge in [0, 0.05) is 44.8 Å². The number of aliphatic imine (C=N–C) groups is 1. The Morgan fingerprint density at radius 3 is 2.56 bits per heavy atom. The van der Waals surface area contributed by atoms with E-state index in [1.807, 2.05) is 6.07 Å². The normalized spacial score (nSPS) is 16.3. The number of guanidine groups is 1.